The van der Waals surface area contributed by atoms with Crippen LogP contribution in [0.15, 0.2) is 36.5 Å². The molecule has 1 aromatic carbocycles. The van der Waals surface area contributed by atoms with Gasteiger partial charge >= 0.3 is 6.09 Å². The highest BCUT2D eigenvalue weighted by atomic mass is 16.6. The van der Waals surface area contributed by atoms with E-state index in [9.17, 15) is 15.2 Å². The van der Waals surface area contributed by atoms with Gasteiger partial charge in [-0.25, -0.2) is 14.2 Å². The molecule has 0 aliphatic heterocycles. The Labute approximate surface area is 181 Å². The van der Waals surface area contributed by atoms with Crippen molar-refractivity contribution in [2.75, 3.05) is 11.5 Å². The third-order valence-corrected chi connectivity index (χ3v) is 4.55. The van der Waals surface area contributed by atoms with Crippen LogP contribution in [0.3, 0.4) is 0 Å². The second kappa shape index (κ2) is 8.56. The van der Waals surface area contributed by atoms with Crippen LogP contribution >= 0.6 is 0 Å². The summed E-state index contributed by atoms with van der Waals surface area (Å²) in [6.45, 7) is 9.58. The van der Waals surface area contributed by atoms with Crippen LogP contribution in [0.2, 0.25) is 0 Å². The van der Waals surface area contributed by atoms with Gasteiger partial charge in [-0.3, -0.25) is 0 Å². The minimum Gasteiger partial charge on any atom is -0.506 e. The molecular formula is C23H26N4O4. The lowest BCUT2D eigenvalue weighted by Crippen LogP contribution is -2.35. The van der Waals surface area contributed by atoms with E-state index in [1.807, 2.05) is 19.9 Å². The summed E-state index contributed by atoms with van der Waals surface area (Å²) in [6, 6.07) is 10.6. The molecule has 3 rings (SSSR count). The second-order valence-corrected chi connectivity index (χ2v) is 7.86. The highest BCUT2D eigenvalue weighted by Gasteiger charge is 2.31. The number of pyridine rings is 1. The minimum absolute atomic E-state index is 0.105. The van der Waals surface area contributed by atoms with E-state index in [1.54, 1.807) is 51.1 Å². The predicted octanol–water partition coefficient (Wildman–Crippen LogP) is 4.95. The predicted molar refractivity (Wildman–Crippen MR) is 117 cm³/mol. The topological polar surface area (TPSA) is 100 Å². The zero-order valence-corrected chi connectivity index (χ0v) is 18.3. The Hall–Kier alpha value is -3.73. The van der Waals surface area contributed by atoms with Gasteiger partial charge in [0.2, 0.25) is 0 Å². The van der Waals surface area contributed by atoms with Crippen LogP contribution < -0.4 is 9.64 Å². The summed E-state index contributed by atoms with van der Waals surface area (Å²) in [5, 5.41) is 24.8. The average molecular weight is 422 g/mol. The van der Waals surface area contributed by atoms with Gasteiger partial charge in [-0.1, -0.05) is 6.92 Å². The molecule has 0 spiro atoms. The Morgan fingerprint density at radius 3 is 2.45 bits per heavy atom. The molecule has 0 atom stereocenters. The van der Waals surface area contributed by atoms with E-state index in [0.29, 0.717) is 41.4 Å². The molecule has 0 fully saturated rings. The molecule has 3 aromatic rings. The number of carbonyl (C=O) groups excluding carboxylic acids is 1. The van der Waals surface area contributed by atoms with Gasteiger partial charge < -0.3 is 14.6 Å². The van der Waals surface area contributed by atoms with Crippen molar-refractivity contribution in [3.05, 3.63) is 47.7 Å². The first-order valence-corrected chi connectivity index (χ1v) is 10.1. The van der Waals surface area contributed by atoms with Crippen molar-refractivity contribution in [1.82, 2.24) is 9.61 Å². The van der Waals surface area contributed by atoms with Crippen molar-refractivity contribution in [2.45, 2.75) is 46.6 Å². The molecule has 2 aromatic heterocycles. The van der Waals surface area contributed by atoms with Gasteiger partial charge in [-0.15, -0.1) is 0 Å². The van der Waals surface area contributed by atoms with E-state index >= 15 is 0 Å². The lowest BCUT2D eigenvalue weighted by molar-refractivity contribution is 0.0597. The third kappa shape index (κ3) is 4.26. The maximum Gasteiger partial charge on any atom is 0.420 e. The molecule has 0 aliphatic carbocycles. The minimum atomic E-state index is -0.745. The molecule has 0 saturated carbocycles. The molecule has 162 valence electrons. The van der Waals surface area contributed by atoms with Crippen LogP contribution in [0.4, 0.5) is 16.3 Å². The maximum atomic E-state index is 13.4. The molecule has 1 amide bonds. The smallest absolute Gasteiger partial charge is 0.420 e. The number of hydrogen-bond donors (Lipinski definition) is 1. The number of aromatic hydroxyl groups is 1. The van der Waals surface area contributed by atoms with Crippen LogP contribution in [0, 0.1) is 11.3 Å². The molecule has 0 bridgehead atoms. The number of aromatic nitrogens is 2. The van der Waals surface area contributed by atoms with Crippen LogP contribution in [-0.4, -0.2) is 33.0 Å². The molecule has 2 heterocycles. The van der Waals surface area contributed by atoms with Gasteiger partial charge in [-0.2, -0.15) is 10.4 Å². The van der Waals surface area contributed by atoms with Crippen molar-refractivity contribution in [3.63, 3.8) is 0 Å². The van der Waals surface area contributed by atoms with E-state index in [4.69, 9.17) is 9.47 Å². The summed E-state index contributed by atoms with van der Waals surface area (Å²) >= 11 is 0. The van der Waals surface area contributed by atoms with E-state index < -0.39 is 11.7 Å². The normalized spacial score (nSPS) is 11.2. The molecule has 8 nitrogen and oxygen atoms in total. The van der Waals surface area contributed by atoms with Gasteiger partial charge in [0.1, 0.15) is 28.7 Å². The summed E-state index contributed by atoms with van der Waals surface area (Å²) < 4.78 is 12.7. The number of hydrogen-bond acceptors (Lipinski definition) is 6. The number of anilines is 2. The highest BCUT2D eigenvalue weighted by molar-refractivity contribution is 5.97. The van der Waals surface area contributed by atoms with E-state index in [1.165, 1.54) is 15.6 Å². The van der Waals surface area contributed by atoms with E-state index in [2.05, 4.69) is 5.10 Å². The SMILES string of the molecule is CCOc1ccc(N(C(=O)OC(C)(C)C)c2c(CC)c(O)c(C#N)c3ccnn23)cc1. The number of benzene rings is 1. The van der Waals surface area contributed by atoms with Gasteiger partial charge in [0, 0.05) is 5.56 Å². The van der Waals surface area contributed by atoms with Crippen molar-refractivity contribution >= 4 is 23.1 Å². The number of rotatable bonds is 5. The van der Waals surface area contributed by atoms with Gasteiger partial charge in [0.05, 0.1) is 24.0 Å². The number of amides is 1. The molecule has 0 radical (unpaired) electrons. The van der Waals surface area contributed by atoms with Gasteiger partial charge in [0.25, 0.3) is 0 Å². The van der Waals surface area contributed by atoms with Crippen molar-refractivity contribution in [2.24, 2.45) is 0 Å². The Balaban J connectivity index is 2.30. The van der Waals surface area contributed by atoms with Gasteiger partial charge in [0.15, 0.2) is 5.82 Å². The number of nitriles is 1. The lowest BCUT2D eigenvalue weighted by Gasteiger charge is -2.29. The third-order valence-electron chi connectivity index (χ3n) is 4.55. The van der Waals surface area contributed by atoms with Crippen LogP contribution in [-0.2, 0) is 11.2 Å². The number of ether oxygens (including phenoxy) is 2. The Kier molecular flexibility index (Phi) is 6.07. The van der Waals surface area contributed by atoms with Crippen LogP contribution in [0.5, 0.6) is 11.5 Å². The molecule has 1 N–H and O–H groups in total. The number of fused-ring (bicyclic) bond motifs is 1. The highest BCUT2D eigenvalue weighted by Crippen LogP contribution is 2.39. The van der Waals surface area contributed by atoms with Crippen molar-refractivity contribution in [3.8, 4) is 17.6 Å². The zero-order valence-electron chi connectivity index (χ0n) is 18.3. The molecule has 0 saturated heterocycles. The van der Waals surface area contributed by atoms with Crippen LogP contribution in [0.25, 0.3) is 5.52 Å². The summed E-state index contributed by atoms with van der Waals surface area (Å²) in [4.78, 5) is 14.7. The van der Waals surface area contributed by atoms with Gasteiger partial charge in [-0.05, 0) is 64.4 Å². The maximum absolute atomic E-state index is 13.4. The summed E-state index contributed by atoms with van der Waals surface area (Å²) in [7, 11) is 0. The Morgan fingerprint density at radius 2 is 1.90 bits per heavy atom. The second-order valence-electron chi connectivity index (χ2n) is 7.86. The van der Waals surface area contributed by atoms with Crippen LogP contribution in [0.1, 0.15) is 45.7 Å². The summed E-state index contributed by atoms with van der Waals surface area (Å²) in [5.74, 6) is 0.808. The fourth-order valence-electron chi connectivity index (χ4n) is 3.31. The first-order chi connectivity index (χ1) is 14.7. The summed E-state index contributed by atoms with van der Waals surface area (Å²) in [6.07, 6.45) is 1.25. The lowest BCUT2D eigenvalue weighted by atomic mass is 10.1. The first kappa shape index (κ1) is 22.0. The quantitative estimate of drug-likeness (QED) is 0.625. The molecule has 0 aliphatic rings. The fourth-order valence-corrected chi connectivity index (χ4v) is 3.31. The summed E-state index contributed by atoms with van der Waals surface area (Å²) in [5.41, 5.74) is 0.673. The van der Waals surface area contributed by atoms with Crippen molar-refractivity contribution in [1.29, 1.82) is 5.26 Å². The van der Waals surface area contributed by atoms with E-state index in [0.717, 1.165) is 0 Å². The Bertz CT molecular complexity index is 1140. The number of carbonyl (C=O) groups is 1. The molecule has 8 heteroatoms. The average Bonchev–Trinajstić information content (AvgIpc) is 3.18. The molecule has 0 unspecified atom stereocenters. The molecule has 31 heavy (non-hydrogen) atoms. The fraction of sp³-hybridized carbons (Fsp3) is 0.348. The number of nitrogens with zero attached hydrogens (tertiary/aromatic N) is 4. The monoisotopic (exact) mass is 422 g/mol. The zero-order chi connectivity index (χ0) is 22.8. The Morgan fingerprint density at radius 1 is 1.23 bits per heavy atom. The van der Waals surface area contributed by atoms with E-state index in [-0.39, 0.29) is 11.3 Å². The largest absolute Gasteiger partial charge is 0.506 e. The molecular weight excluding hydrogens is 396 g/mol. The standard InChI is InChI=1S/C23H26N4O4/c1-6-17-20(28)18(14-24)19-12-13-25-27(19)21(17)26(22(29)31-23(3,4)5)15-8-10-16(11-9-15)30-7-2/h8-13,28H,6-7H2,1-5H3. The van der Waals surface area contributed by atoms with Crippen molar-refractivity contribution < 1.29 is 19.4 Å². The first-order valence-electron chi connectivity index (χ1n) is 10.1.